The molecule has 2 rings (SSSR count). The van der Waals surface area contributed by atoms with E-state index in [-0.39, 0.29) is 16.8 Å². The Bertz CT molecular complexity index is 637. The number of hydrogen-bond donors (Lipinski definition) is 3. The molecule has 4 N–H and O–H groups in total. The van der Waals surface area contributed by atoms with E-state index in [0.717, 1.165) is 0 Å². The second-order valence-corrected chi connectivity index (χ2v) is 4.43. The third kappa shape index (κ3) is 2.33. The molecule has 0 amide bonds. The SMILES string of the molecule is NC(=S)/N=N/c1[nH]c(O)c2c(Cl)cc(Cl)cc12. The average molecular weight is 289 g/mol. The number of nitrogens with one attached hydrogen (secondary N) is 1. The van der Waals surface area contributed by atoms with Crippen molar-refractivity contribution in [2.75, 3.05) is 0 Å². The van der Waals surface area contributed by atoms with Crippen LogP contribution in [0.4, 0.5) is 5.82 Å². The Morgan fingerprint density at radius 2 is 2.12 bits per heavy atom. The predicted octanol–water partition coefficient (Wildman–Crippen LogP) is 3.51. The van der Waals surface area contributed by atoms with Crippen molar-refractivity contribution in [3.05, 3.63) is 22.2 Å². The van der Waals surface area contributed by atoms with Crippen molar-refractivity contribution < 1.29 is 5.11 Å². The first kappa shape index (κ1) is 12.1. The van der Waals surface area contributed by atoms with Gasteiger partial charge in [-0.1, -0.05) is 23.2 Å². The zero-order chi connectivity index (χ0) is 12.6. The number of hydrogen-bond acceptors (Lipinski definition) is 3. The summed E-state index contributed by atoms with van der Waals surface area (Å²) in [4.78, 5) is 2.61. The van der Waals surface area contributed by atoms with Crippen molar-refractivity contribution in [3.8, 4) is 5.88 Å². The molecule has 1 heterocycles. The minimum Gasteiger partial charge on any atom is -0.494 e. The summed E-state index contributed by atoms with van der Waals surface area (Å²) in [7, 11) is 0. The van der Waals surface area contributed by atoms with E-state index in [1.165, 1.54) is 6.07 Å². The lowest BCUT2D eigenvalue weighted by Crippen LogP contribution is -2.01. The van der Waals surface area contributed by atoms with E-state index in [1.807, 2.05) is 0 Å². The highest BCUT2D eigenvalue weighted by molar-refractivity contribution is 7.80. The molecule has 0 saturated heterocycles. The summed E-state index contributed by atoms with van der Waals surface area (Å²) < 4.78 is 0. The molecule has 0 aliphatic rings. The molecule has 0 radical (unpaired) electrons. The fraction of sp³-hybridized carbons (Fsp3) is 0. The normalized spacial score (nSPS) is 11.4. The van der Waals surface area contributed by atoms with Gasteiger partial charge in [0.15, 0.2) is 11.7 Å². The van der Waals surface area contributed by atoms with Crippen molar-refractivity contribution >= 4 is 57.1 Å². The fourth-order valence-corrected chi connectivity index (χ4v) is 2.04. The van der Waals surface area contributed by atoms with Gasteiger partial charge in [0, 0.05) is 10.4 Å². The standard InChI is InChI=1S/C9H6Cl2N4OS/c10-3-1-4-6(5(11)2-3)8(16)13-7(4)14-15-9(12)17/h1-2,13,16H,(H2,12,17)/b15-14+. The molecule has 0 fully saturated rings. The number of halogens is 2. The number of rotatable bonds is 1. The lowest BCUT2D eigenvalue weighted by Gasteiger charge is -1.96. The molecular weight excluding hydrogens is 283 g/mol. The van der Waals surface area contributed by atoms with Crippen LogP contribution >= 0.6 is 35.4 Å². The summed E-state index contributed by atoms with van der Waals surface area (Å²) in [6.45, 7) is 0. The zero-order valence-electron chi connectivity index (χ0n) is 8.24. The van der Waals surface area contributed by atoms with E-state index in [4.69, 9.17) is 28.9 Å². The van der Waals surface area contributed by atoms with Crippen LogP contribution in [0.5, 0.6) is 5.88 Å². The Balaban J connectivity index is 2.70. The Morgan fingerprint density at radius 3 is 2.76 bits per heavy atom. The molecule has 1 aromatic carbocycles. The van der Waals surface area contributed by atoms with E-state index in [2.05, 4.69) is 27.4 Å². The molecule has 0 saturated carbocycles. The molecule has 8 heteroatoms. The molecule has 0 atom stereocenters. The summed E-state index contributed by atoms with van der Waals surface area (Å²) in [5, 5.41) is 18.6. The van der Waals surface area contributed by atoms with Crippen LogP contribution < -0.4 is 5.73 Å². The number of thiocarbonyl (C=S) groups is 1. The van der Waals surface area contributed by atoms with Crippen LogP contribution in [0, 0.1) is 0 Å². The maximum Gasteiger partial charge on any atom is 0.211 e. The smallest absolute Gasteiger partial charge is 0.211 e. The second kappa shape index (κ2) is 4.48. The van der Waals surface area contributed by atoms with E-state index in [0.29, 0.717) is 20.8 Å². The number of nitrogens with two attached hydrogens (primary N) is 1. The summed E-state index contributed by atoms with van der Waals surface area (Å²) in [6, 6.07) is 3.13. The van der Waals surface area contributed by atoms with Crippen LogP contribution in [0.15, 0.2) is 22.4 Å². The maximum absolute atomic E-state index is 9.68. The van der Waals surface area contributed by atoms with Gasteiger partial charge in [-0.05, 0) is 24.4 Å². The lowest BCUT2D eigenvalue weighted by atomic mass is 10.2. The van der Waals surface area contributed by atoms with E-state index in [9.17, 15) is 5.11 Å². The Labute approximate surface area is 111 Å². The first-order chi connectivity index (χ1) is 7.99. The monoisotopic (exact) mass is 288 g/mol. The number of benzene rings is 1. The first-order valence-corrected chi connectivity index (χ1v) is 5.56. The number of fused-ring (bicyclic) bond motifs is 1. The zero-order valence-corrected chi connectivity index (χ0v) is 10.6. The van der Waals surface area contributed by atoms with E-state index < -0.39 is 0 Å². The molecule has 0 aliphatic heterocycles. The highest BCUT2D eigenvalue weighted by atomic mass is 35.5. The number of aromatic nitrogens is 1. The van der Waals surface area contributed by atoms with Crippen LogP contribution in [0.3, 0.4) is 0 Å². The van der Waals surface area contributed by atoms with Gasteiger partial charge >= 0.3 is 0 Å². The topological polar surface area (TPSA) is 86.8 Å². The van der Waals surface area contributed by atoms with Gasteiger partial charge in [-0.2, -0.15) is 0 Å². The van der Waals surface area contributed by atoms with Gasteiger partial charge in [0.1, 0.15) is 0 Å². The third-order valence-electron chi connectivity index (χ3n) is 2.03. The highest BCUT2D eigenvalue weighted by Crippen LogP contribution is 2.39. The van der Waals surface area contributed by atoms with Crippen molar-refractivity contribution in [2.24, 2.45) is 16.0 Å². The Morgan fingerprint density at radius 1 is 1.41 bits per heavy atom. The van der Waals surface area contributed by atoms with Gasteiger partial charge in [0.25, 0.3) is 0 Å². The molecule has 0 spiro atoms. The molecule has 5 nitrogen and oxygen atoms in total. The van der Waals surface area contributed by atoms with Crippen molar-refractivity contribution in [1.82, 2.24) is 4.98 Å². The minimum atomic E-state index is -0.112. The number of aromatic hydroxyl groups is 1. The molecule has 2 aromatic rings. The van der Waals surface area contributed by atoms with Crippen LogP contribution in [-0.4, -0.2) is 15.2 Å². The molecular formula is C9H6Cl2N4OS. The number of H-pyrrole nitrogens is 1. The molecule has 1 aromatic heterocycles. The van der Waals surface area contributed by atoms with Gasteiger partial charge in [-0.3, -0.25) is 0 Å². The van der Waals surface area contributed by atoms with Crippen LogP contribution in [0.2, 0.25) is 10.0 Å². The van der Waals surface area contributed by atoms with Crippen LogP contribution in [0.25, 0.3) is 10.8 Å². The molecule has 88 valence electrons. The van der Waals surface area contributed by atoms with E-state index >= 15 is 0 Å². The van der Waals surface area contributed by atoms with Crippen LogP contribution in [-0.2, 0) is 0 Å². The number of aromatic amines is 1. The summed E-state index contributed by atoms with van der Waals surface area (Å²) >= 11 is 16.4. The van der Waals surface area contributed by atoms with Crippen molar-refractivity contribution in [1.29, 1.82) is 0 Å². The van der Waals surface area contributed by atoms with Crippen molar-refractivity contribution in [3.63, 3.8) is 0 Å². The lowest BCUT2D eigenvalue weighted by molar-refractivity contribution is 0.463. The van der Waals surface area contributed by atoms with Crippen molar-refractivity contribution in [2.45, 2.75) is 0 Å². The van der Waals surface area contributed by atoms with E-state index in [1.54, 1.807) is 6.07 Å². The number of nitrogens with zero attached hydrogens (tertiary/aromatic N) is 2. The average Bonchev–Trinajstić information content (AvgIpc) is 2.52. The van der Waals surface area contributed by atoms with Gasteiger partial charge in [0.2, 0.25) is 5.11 Å². The highest BCUT2D eigenvalue weighted by Gasteiger charge is 2.13. The van der Waals surface area contributed by atoms with Gasteiger partial charge in [-0.25, -0.2) is 0 Å². The second-order valence-electron chi connectivity index (χ2n) is 3.17. The number of azo groups is 1. The minimum absolute atomic E-state index is 0.111. The summed E-state index contributed by atoms with van der Waals surface area (Å²) in [5.41, 5.74) is 5.19. The summed E-state index contributed by atoms with van der Waals surface area (Å²) in [5.74, 6) is 0.174. The fourth-order valence-electron chi connectivity index (χ4n) is 1.42. The van der Waals surface area contributed by atoms with Gasteiger partial charge in [-0.15, -0.1) is 10.2 Å². The predicted molar refractivity (Wildman–Crippen MR) is 71.3 cm³/mol. The molecule has 0 unspecified atom stereocenters. The summed E-state index contributed by atoms with van der Waals surface area (Å²) in [6.07, 6.45) is 0. The Hall–Kier alpha value is -1.37. The Kier molecular flexibility index (Phi) is 3.19. The molecule has 0 bridgehead atoms. The first-order valence-electron chi connectivity index (χ1n) is 4.40. The molecule has 17 heavy (non-hydrogen) atoms. The van der Waals surface area contributed by atoms with Crippen LogP contribution in [0.1, 0.15) is 0 Å². The van der Waals surface area contributed by atoms with Gasteiger partial charge in [0.05, 0.1) is 10.4 Å². The quantitative estimate of drug-likeness (QED) is 0.554. The largest absolute Gasteiger partial charge is 0.494 e. The molecule has 0 aliphatic carbocycles. The maximum atomic E-state index is 9.68. The van der Waals surface area contributed by atoms with Gasteiger partial charge < -0.3 is 15.8 Å². The third-order valence-corrected chi connectivity index (χ3v) is 2.63.